The van der Waals surface area contributed by atoms with Crippen molar-refractivity contribution < 1.29 is 26.9 Å². The van der Waals surface area contributed by atoms with Crippen molar-refractivity contribution in [1.82, 2.24) is 9.78 Å². The van der Waals surface area contributed by atoms with Gasteiger partial charge in [0.15, 0.2) is 11.9 Å². The third kappa shape index (κ3) is 4.52. The minimum atomic E-state index is -3.61. The van der Waals surface area contributed by atoms with Crippen LogP contribution in [0.2, 0.25) is 0 Å². The second-order valence-electron chi connectivity index (χ2n) is 5.37. The van der Waals surface area contributed by atoms with Crippen LogP contribution < -0.4 is 0 Å². The van der Waals surface area contributed by atoms with Gasteiger partial charge in [-0.25, -0.2) is 9.48 Å². The van der Waals surface area contributed by atoms with Gasteiger partial charge in [0, 0.05) is 12.2 Å². The van der Waals surface area contributed by atoms with Crippen LogP contribution in [0.25, 0.3) is 0 Å². The van der Waals surface area contributed by atoms with E-state index in [1.165, 1.54) is 0 Å². The first-order valence-corrected chi connectivity index (χ1v) is 9.36. The lowest BCUT2D eigenvalue weighted by Gasteiger charge is -2.24. The number of carbonyl (C=O) groups is 1. The van der Waals surface area contributed by atoms with Gasteiger partial charge in [0.05, 0.1) is 18.6 Å². The fourth-order valence-electron chi connectivity index (χ4n) is 2.44. The van der Waals surface area contributed by atoms with Crippen molar-refractivity contribution in [3.63, 3.8) is 0 Å². The number of rotatable bonds is 6. The average Bonchev–Trinajstić information content (AvgIpc) is 2.82. The Morgan fingerprint density at radius 2 is 2.17 bits per heavy atom. The molecule has 1 aliphatic heterocycles. The average molecular weight is 346 g/mol. The van der Waals surface area contributed by atoms with E-state index in [2.05, 4.69) is 5.10 Å². The summed E-state index contributed by atoms with van der Waals surface area (Å²) in [6.07, 6.45) is 3.34. The van der Waals surface area contributed by atoms with E-state index in [1.807, 2.05) is 0 Å². The molecule has 1 aromatic rings. The summed E-state index contributed by atoms with van der Waals surface area (Å²) in [5.74, 6) is -0.542. The van der Waals surface area contributed by atoms with Crippen LogP contribution >= 0.6 is 0 Å². The van der Waals surface area contributed by atoms with Gasteiger partial charge >= 0.3 is 5.97 Å². The molecule has 1 fully saturated rings. The van der Waals surface area contributed by atoms with Gasteiger partial charge < -0.3 is 9.47 Å². The molecule has 0 spiro atoms. The summed E-state index contributed by atoms with van der Waals surface area (Å²) < 4.78 is 39.7. The third-order valence-corrected chi connectivity index (χ3v) is 4.13. The van der Waals surface area contributed by atoms with E-state index in [-0.39, 0.29) is 25.1 Å². The summed E-state index contributed by atoms with van der Waals surface area (Å²) in [6.45, 7) is 4.05. The van der Waals surface area contributed by atoms with Crippen molar-refractivity contribution in [2.24, 2.45) is 0 Å². The summed E-state index contributed by atoms with van der Waals surface area (Å²) in [5.41, 5.74) is 1.21. The van der Waals surface area contributed by atoms with E-state index in [0.29, 0.717) is 17.9 Å². The quantitative estimate of drug-likeness (QED) is 0.569. The monoisotopic (exact) mass is 346 g/mol. The number of hydrogen-bond acceptors (Lipinski definition) is 7. The maximum Gasteiger partial charge on any atom is 0.359 e. The lowest BCUT2D eigenvalue weighted by Crippen LogP contribution is -2.22. The fraction of sp³-hybridized carbons (Fsp3) is 0.714. The molecule has 130 valence electrons. The van der Waals surface area contributed by atoms with Crippen LogP contribution in [-0.4, -0.2) is 43.6 Å². The number of hydrogen-bond donors (Lipinski definition) is 0. The molecule has 0 radical (unpaired) electrons. The molecule has 2 heterocycles. The van der Waals surface area contributed by atoms with Gasteiger partial charge in [-0.05, 0) is 33.1 Å². The van der Waals surface area contributed by atoms with Crippen LogP contribution in [0, 0.1) is 6.92 Å². The van der Waals surface area contributed by atoms with E-state index in [1.54, 1.807) is 18.5 Å². The largest absolute Gasteiger partial charge is 0.461 e. The highest BCUT2D eigenvalue weighted by atomic mass is 32.2. The van der Waals surface area contributed by atoms with Crippen molar-refractivity contribution in [3.05, 3.63) is 17.0 Å². The highest BCUT2D eigenvalue weighted by Gasteiger charge is 2.27. The zero-order valence-corrected chi connectivity index (χ0v) is 14.4. The fourth-order valence-corrected chi connectivity index (χ4v) is 2.76. The Bertz CT molecular complexity index is 661. The van der Waals surface area contributed by atoms with E-state index >= 15 is 0 Å². The smallest absolute Gasteiger partial charge is 0.359 e. The van der Waals surface area contributed by atoms with Crippen molar-refractivity contribution in [2.45, 2.75) is 45.9 Å². The molecule has 1 atom stereocenters. The molecular formula is C14H22N2O6S. The lowest BCUT2D eigenvalue weighted by atomic mass is 10.1. The van der Waals surface area contributed by atoms with E-state index < -0.39 is 16.1 Å². The number of carbonyl (C=O) groups excluding carboxylic acids is 1. The Labute approximate surface area is 135 Å². The molecule has 0 saturated carbocycles. The second kappa shape index (κ2) is 7.41. The van der Waals surface area contributed by atoms with Gasteiger partial charge in [-0.2, -0.15) is 13.5 Å². The van der Waals surface area contributed by atoms with Crippen molar-refractivity contribution in [1.29, 1.82) is 0 Å². The molecule has 1 aliphatic rings. The molecular weight excluding hydrogens is 324 g/mol. The number of esters is 1. The Kier molecular flexibility index (Phi) is 5.77. The topological polar surface area (TPSA) is 96.7 Å². The van der Waals surface area contributed by atoms with Crippen LogP contribution in [0.1, 0.15) is 54.2 Å². The Hall–Kier alpha value is -1.45. The minimum Gasteiger partial charge on any atom is -0.461 e. The summed E-state index contributed by atoms with van der Waals surface area (Å²) in [7, 11) is -3.61. The Balaban J connectivity index is 2.36. The Morgan fingerprint density at radius 1 is 1.43 bits per heavy atom. The van der Waals surface area contributed by atoms with E-state index in [4.69, 9.17) is 13.7 Å². The van der Waals surface area contributed by atoms with Crippen molar-refractivity contribution in [3.8, 4) is 0 Å². The molecule has 23 heavy (non-hydrogen) atoms. The van der Waals surface area contributed by atoms with Gasteiger partial charge in [0.1, 0.15) is 6.61 Å². The third-order valence-electron chi connectivity index (χ3n) is 3.58. The summed E-state index contributed by atoms with van der Waals surface area (Å²) in [6, 6.07) is 0. The van der Waals surface area contributed by atoms with Crippen molar-refractivity contribution in [2.75, 3.05) is 19.5 Å². The van der Waals surface area contributed by atoms with Gasteiger partial charge in [-0.1, -0.05) is 0 Å². The maximum atomic E-state index is 12.0. The molecule has 2 rings (SSSR count). The summed E-state index contributed by atoms with van der Waals surface area (Å²) in [5, 5.41) is 4.29. The number of nitrogens with zero attached hydrogens (tertiary/aromatic N) is 2. The highest BCUT2D eigenvalue weighted by molar-refractivity contribution is 7.85. The van der Waals surface area contributed by atoms with Crippen LogP contribution in [0.5, 0.6) is 0 Å². The zero-order chi connectivity index (χ0) is 17.0. The summed E-state index contributed by atoms with van der Waals surface area (Å²) in [4.78, 5) is 12.0. The van der Waals surface area contributed by atoms with E-state index in [9.17, 15) is 13.2 Å². The molecule has 1 aromatic heterocycles. The predicted octanol–water partition coefficient (Wildman–Crippen LogP) is 1.54. The van der Waals surface area contributed by atoms with Crippen LogP contribution in [-0.2, 0) is 30.4 Å². The molecule has 0 N–H and O–H groups in total. The number of ether oxygens (including phenoxy) is 2. The normalized spacial score (nSPS) is 18.8. The molecule has 1 saturated heterocycles. The first kappa shape index (κ1) is 17.9. The standard InChI is InChI=1S/C14H22N2O6S/c1-4-20-14(17)13-10(2)11(9-22-23(3,18)19)16(15-13)12-7-5-6-8-21-12/h12H,4-9H2,1-3H3. The van der Waals surface area contributed by atoms with Gasteiger partial charge in [-0.15, -0.1) is 0 Å². The maximum absolute atomic E-state index is 12.0. The van der Waals surface area contributed by atoms with Crippen LogP contribution in [0.15, 0.2) is 0 Å². The van der Waals surface area contributed by atoms with Crippen molar-refractivity contribution >= 4 is 16.1 Å². The van der Waals surface area contributed by atoms with Gasteiger partial charge in [-0.3, -0.25) is 4.18 Å². The molecule has 0 amide bonds. The minimum absolute atomic E-state index is 0.160. The molecule has 0 aliphatic carbocycles. The zero-order valence-electron chi connectivity index (χ0n) is 13.6. The molecule has 1 unspecified atom stereocenters. The van der Waals surface area contributed by atoms with Gasteiger partial charge in [0.25, 0.3) is 10.1 Å². The molecule has 0 bridgehead atoms. The Morgan fingerprint density at radius 3 is 2.74 bits per heavy atom. The van der Waals surface area contributed by atoms with Gasteiger partial charge in [0.2, 0.25) is 0 Å². The molecule has 8 nitrogen and oxygen atoms in total. The summed E-state index contributed by atoms with van der Waals surface area (Å²) >= 11 is 0. The SMILES string of the molecule is CCOC(=O)c1nn(C2CCCCO2)c(COS(C)(=O)=O)c1C. The molecule has 0 aromatic carbocycles. The number of aromatic nitrogens is 2. The van der Waals surface area contributed by atoms with E-state index in [0.717, 1.165) is 25.5 Å². The van der Waals surface area contributed by atoms with Crippen LogP contribution in [0.3, 0.4) is 0 Å². The predicted molar refractivity (Wildman–Crippen MR) is 81.4 cm³/mol. The second-order valence-corrected chi connectivity index (χ2v) is 7.02. The highest BCUT2D eigenvalue weighted by Crippen LogP contribution is 2.27. The lowest BCUT2D eigenvalue weighted by molar-refractivity contribution is -0.0425. The first-order valence-electron chi connectivity index (χ1n) is 7.54. The van der Waals surface area contributed by atoms with Crippen LogP contribution in [0.4, 0.5) is 0 Å². The first-order chi connectivity index (χ1) is 10.8. The molecule has 9 heteroatoms.